The number of nitrogens with zero attached hydrogens (tertiary/aromatic N) is 1. The highest BCUT2D eigenvalue weighted by molar-refractivity contribution is 5.72. The predicted octanol–water partition coefficient (Wildman–Crippen LogP) is 2.23. The number of carbonyl (C=O) groups excluding carboxylic acids is 1. The second-order valence-electron chi connectivity index (χ2n) is 5.75. The van der Waals surface area contributed by atoms with Gasteiger partial charge in [-0.25, -0.2) is 4.39 Å². The van der Waals surface area contributed by atoms with E-state index in [-0.39, 0.29) is 11.7 Å². The first-order chi connectivity index (χ1) is 9.97. The molecule has 1 aromatic rings. The fourth-order valence-electron chi connectivity index (χ4n) is 2.71. The third kappa shape index (κ3) is 4.17. The van der Waals surface area contributed by atoms with Crippen molar-refractivity contribution in [1.82, 2.24) is 5.32 Å². The normalized spacial score (nSPS) is 17.6. The monoisotopic (exact) mass is 294 g/mol. The standard InChI is InChI=1S/C16H23FN2O2/c1-11(20)14-3-4-16(15(17)9-14)19-7-5-13(6-8-19)10-18-12(2)21/h3-4,9,11,13,20H,5-8,10H2,1-2H3,(H,18,21)/t11-/m0/s1. The van der Waals surface area contributed by atoms with Crippen molar-refractivity contribution >= 4 is 11.6 Å². The summed E-state index contributed by atoms with van der Waals surface area (Å²) in [6.07, 6.45) is 1.23. The molecule has 1 heterocycles. The minimum Gasteiger partial charge on any atom is -0.389 e. The van der Waals surface area contributed by atoms with Gasteiger partial charge in [0.25, 0.3) is 0 Å². The van der Waals surface area contributed by atoms with E-state index in [4.69, 9.17) is 0 Å². The van der Waals surface area contributed by atoms with Gasteiger partial charge in [-0.2, -0.15) is 0 Å². The smallest absolute Gasteiger partial charge is 0.216 e. The molecule has 0 spiro atoms. The summed E-state index contributed by atoms with van der Waals surface area (Å²) in [5.41, 5.74) is 1.19. The van der Waals surface area contributed by atoms with Gasteiger partial charge in [-0.15, -0.1) is 0 Å². The average Bonchev–Trinajstić information content (AvgIpc) is 2.45. The van der Waals surface area contributed by atoms with Gasteiger partial charge < -0.3 is 15.3 Å². The molecular weight excluding hydrogens is 271 g/mol. The van der Waals surface area contributed by atoms with Crippen LogP contribution < -0.4 is 10.2 Å². The van der Waals surface area contributed by atoms with Gasteiger partial charge in [0.2, 0.25) is 5.91 Å². The molecule has 1 aliphatic rings. The maximum absolute atomic E-state index is 14.1. The maximum Gasteiger partial charge on any atom is 0.216 e. The number of anilines is 1. The molecule has 2 rings (SSSR count). The number of halogens is 1. The van der Waals surface area contributed by atoms with Gasteiger partial charge in [0.1, 0.15) is 5.82 Å². The highest BCUT2D eigenvalue weighted by Crippen LogP contribution is 2.27. The SMILES string of the molecule is CC(=O)NCC1CCN(c2ccc([C@H](C)O)cc2F)CC1. The topological polar surface area (TPSA) is 52.6 Å². The molecule has 0 radical (unpaired) electrons. The first-order valence-electron chi connectivity index (χ1n) is 7.44. The van der Waals surface area contributed by atoms with Crippen molar-refractivity contribution in [3.05, 3.63) is 29.6 Å². The number of rotatable bonds is 4. The highest BCUT2D eigenvalue weighted by atomic mass is 19.1. The van der Waals surface area contributed by atoms with Crippen LogP contribution in [0, 0.1) is 11.7 Å². The van der Waals surface area contributed by atoms with Gasteiger partial charge in [-0.3, -0.25) is 4.79 Å². The molecule has 4 nitrogen and oxygen atoms in total. The van der Waals surface area contributed by atoms with Crippen LogP contribution in [0.5, 0.6) is 0 Å². The number of aliphatic hydroxyl groups excluding tert-OH is 1. The Balaban J connectivity index is 1.94. The number of hydrogen-bond donors (Lipinski definition) is 2. The van der Waals surface area contributed by atoms with Crippen molar-refractivity contribution in [3.8, 4) is 0 Å². The summed E-state index contributed by atoms with van der Waals surface area (Å²) in [7, 11) is 0. The van der Waals surface area contributed by atoms with Crippen LogP contribution in [0.4, 0.5) is 10.1 Å². The number of carbonyl (C=O) groups is 1. The van der Waals surface area contributed by atoms with E-state index in [0.29, 0.717) is 23.7 Å². The van der Waals surface area contributed by atoms with Crippen LogP contribution in [0.25, 0.3) is 0 Å². The lowest BCUT2D eigenvalue weighted by Gasteiger charge is -2.34. The lowest BCUT2D eigenvalue weighted by Crippen LogP contribution is -2.38. The first kappa shape index (κ1) is 15.8. The number of nitrogens with one attached hydrogen (secondary N) is 1. The Morgan fingerprint density at radius 1 is 1.48 bits per heavy atom. The molecular formula is C16H23FN2O2. The second-order valence-corrected chi connectivity index (χ2v) is 5.75. The van der Waals surface area contributed by atoms with Crippen LogP contribution in [0.15, 0.2) is 18.2 Å². The fraction of sp³-hybridized carbons (Fsp3) is 0.562. The number of benzene rings is 1. The molecule has 1 saturated heterocycles. The zero-order valence-corrected chi connectivity index (χ0v) is 12.6. The molecule has 5 heteroatoms. The highest BCUT2D eigenvalue weighted by Gasteiger charge is 2.21. The number of amides is 1. The Bertz CT molecular complexity index is 497. The lowest BCUT2D eigenvalue weighted by atomic mass is 9.96. The maximum atomic E-state index is 14.1. The predicted molar refractivity (Wildman–Crippen MR) is 80.7 cm³/mol. The molecule has 116 valence electrons. The van der Waals surface area contributed by atoms with Crippen molar-refractivity contribution in [2.24, 2.45) is 5.92 Å². The van der Waals surface area contributed by atoms with Crippen molar-refractivity contribution in [2.75, 3.05) is 24.5 Å². The van der Waals surface area contributed by atoms with Gasteiger partial charge in [0.05, 0.1) is 11.8 Å². The molecule has 0 bridgehead atoms. The second kappa shape index (κ2) is 6.89. The number of aliphatic hydroxyl groups is 1. The lowest BCUT2D eigenvalue weighted by molar-refractivity contribution is -0.119. The zero-order valence-electron chi connectivity index (χ0n) is 12.6. The Labute approximate surface area is 125 Å². The van der Waals surface area contributed by atoms with Crippen LogP contribution in [0.3, 0.4) is 0 Å². The Hall–Kier alpha value is -1.62. The fourth-order valence-corrected chi connectivity index (χ4v) is 2.71. The first-order valence-corrected chi connectivity index (χ1v) is 7.44. The minimum absolute atomic E-state index is 0.00261. The molecule has 0 aliphatic carbocycles. The van der Waals surface area contributed by atoms with Gasteiger partial charge in [-0.1, -0.05) is 6.07 Å². The minimum atomic E-state index is -0.656. The summed E-state index contributed by atoms with van der Waals surface area (Å²) < 4.78 is 14.1. The largest absolute Gasteiger partial charge is 0.389 e. The summed E-state index contributed by atoms with van der Waals surface area (Å²) in [5.74, 6) is 0.177. The van der Waals surface area contributed by atoms with E-state index in [1.165, 1.54) is 13.0 Å². The van der Waals surface area contributed by atoms with Gasteiger partial charge in [0.15, 0.2) is 0 Å². The third-order valence-corrected chi connectivity index (χ3v) is 4.05. The Morgan fingerprint density at radius 2 is 2.14 bits per heavy atom. The third-order valence-electron chi connectivity index (χ3n) is 4.05. The van der Waals surface area contributed by atoms with E-state index >= 15 is 0 Å². The van der Waals surface area contributed by atoms with E-state index in [2.05, 4.69) is 5.32 Å². The van der Waals surface area contributed by atoms with Crippen LogP contribution in [-0.4, -0.2) is 30.6 Å². The van der Waals surface area contributed by atoms with E-state index in [9.17, 15) is 14.3 Å². The molecule has 0 saturated carbocycles. The van der Waals surface area contributed by atoms with E-state index in [1.807, 2.05) is 4.90 Å². The van der Waals surface area contributed by atoms with E-state index < -0.39 is 6.10 Å². The van der Waals surface area contributed by atoms with E-state index in [1.54, 1.807) is 19.1 Å². The molecule has 1 aromatic carbocycles. The molecule has 21 heavy (non-hydrogen) atoms. The summed E-state index contributed by atoms with van der Waals surface area (Å²) in [4.78, 5) is 12.9. The van der Waals surface area contributed by atoms with Gasteiger partial charge in [-0.05, 0) is 43.4 Å². The molecule has 1 aliphatic heterocycles. The average molecular weight is 294 g/mol. The zero-order chi connectivity index (χ0) is 15.4. The van der Waals surface area contributed by atoms with Crippen LogP contribution in [-0.2, 0) is 4.79 Å². The molecule has 0 aromatic heterocycles. The van der Waals surface area contributed by atoms with Crippen LogP contribution in [0.1, 0.15) is 38.4 Å². The molecule has 0 unspecified atom stereocenters. The molecule has 1 fully saturated rings. The quantitative estimate of drug-likeness (QED) is 0.895. The summed E-state index contributed by atoms with van der Waals surface area (Å²) in [6.45, 7) is 5.42. The summed E-state index contributed by atoms with van der Waals surface area (Å²) >= 11 is 0. The van der Waals surface area contributed by atoms with Crippen molar-refractivity contribution < 1.29 is 14.3 Å². The molecule has 1 amide bonds. The number of hydrogen-bond acceptors (Lipinski definition) is 3. The van der Waals surface area contributed by atoms with Crippen molar-refractivity contribution in [2.45, 2.75) is 32.8 Å². The van der Waals surface area contributed by atoms with Gasteiger partial charge in [0, 0.05) is 26.6 Å². The summed E-state index contributed by atoms with van der Waals surface area (Å²) in [5, 5.41) is 12.3. The van der Waals surface area contributed by atoms with Crippen molar-refractivity contribution in [1.29, 1.82) is 0 Å². The summed E-state index contributed by atoms with van der Waals surface area (Å²) in [6, 6.07) is 4.92. The Kier molecular flexibility index (Phi) is 5.17. The Morgan fingerprint density at radius 3 is 2.67 bits per heavy atom. The van der Waals surface area contributed by atoms with Crippen LogP contribution >= 0.6 is 0 Å². The van der Waals surface area contributed by atoms with E-state index in [0.717, 1.165) is 25.9 Å². The molecule has 1 atom stereocenters. The number of piperidine rings is 1. The van der Waals surface area contributed by atoms with Gasteiger partial charge >= 0.3 is 0 Å². The van der Waals surface area contributed by atoms with Crippen molar-refractivity contribution in [3.63, 3.8) is 0 Å². The molecule has 2 N–H and O–H groups in total. The van der Waals surface area contributed by atoms with Crippen LogP contribution in [0.2, 0.25) is 0 Å².